The zero-order chi connectivity index (χ0) is 15.2. The van der Waals surface area contributed by atoms with E-state index in [1.165, 1.54) is 21.7 Å². The number of rotatable bonds is 7. The Morgan fingerprint density at radius 3 is 2.57 bits per heavy atom. The molecule has 1 N–H and O–H groups in total. The molecule has 0 spiro atoms. The van der Waals surface area contributed by atoms with Crippen LogP contribution in [0.25, 0.3) is 0 Å². The highest BCUT2D eigenvalue weighted by Crippen LogP contribution is 2.19. The maximum atomic E-state index is 11.2. The lowest BCUT2D eigenvalue weighted by Crippen LogP contribution is -2.26. The lowest BCUT2D eigenvalue weighted by atomic mass is 10.2. The van der Waals surface area contributed by atoms with E-state index in [1.807, 2.05) is 17.4 Å². The Bertz CT molecular complexity index is 589. The molecule has 1 atom stereocenters. The van der Waals surface area contributed by atoms with Crippen molar-refractivity contribution < 1.29 is 9.53 Å². The van der Waals surface area contributed by atoms with Crippen molar-refractivity contribution in [3.05, 3.63) is 43.8 Å². The number of ether oxygens (including phenoxy) is 1. The smallest absolute Gasteiger partial charge is 0.310 e. The predicted molar refractivity (Wildman–Crippen MR) is 89.1 cm³/mol. The maximum Gasteiger partial charge on any atom is 0.310 e. The second-order valence-corrected chi connectivity index (χ2v) is 7.74. The third kappa shape index (κ3) is 5.26. The molecule has 0 fully saturated rings. The summed E-state index contributed by atoms with van der Waals surface area (Å²) in [5, 5.41) is 3.54. The van der Waals surface area contributed by atoms with Crippen molar-refractivity contribution >= 4 is 28.6 Å². The van der Waals surface area contributed by atoms with Crippen molar-refractivity contribution in [2.75, 3.05) is 7.11 Å². The molecule has 0 amide bonds. The summed E-state index contributed by atoms with van der Waals surface area (Å²) in [6, 6.07) is 8.90. The van der Waals surface area contributed by atoms with E-state index in [1.54, 1.807) is 11.3 Å². The minimum Gasteiger partial charge on any atom is -0.469 e. The van der Waals surface area contributed by atoms with Gasteiger partial charge in [0.15, 0.2) is 0 Å². The van der Waals surface area contributed by atoms with Crippen molar-refractivity contribution in [3.63, 3.8) is 0 Å². The molecular weight excluding hydrogens is 302 g/mol. The van der Waals surface area contributed by atoms with Gasteiger partial charge in [-0.05, 0) is 44.5 Å². The Hall–Kier alpha value is -1.17. The van der Waals surface area contributed by atoms with Gasteiger partial charge in [-0.15, -0.1) is 22.7 Å². The number of esters is 1. The summed E-state index contributed by atoms with van der Waals surface area (Å²) >= 11 is 3.53. The average molecular weight is 323 g/mol. The number of aryl methyl sites for hydroxylation is 1. The molecule has 2 aromatic rings. The van der Waals surface area contributed by atoms with Crippen LogP contribution in [-0.4, -0.2) is 19.1 Å². The number of hydrogen-bond donors (Lipinski definition) is 1. The van der Waals surface area contributed by atoms with Crippen molar-refractivity contribution in [2.24, 2.45) is 0 Å². The SMILES string of the molecule is COC(=O)Cc1ccc(CNC(C)Cc2ccc(C)s2)s1. The quantitative estimate of drug-likeness (QED) is 0.792. The van der Waals surface area contributed by atoms with Gasteiger partial charge in [0, 0.05) is 32.1 Å². The summed E-state index contributed by atoms with van der Waals surface area (Å²) in [4.78, 5) is 16.3. The highest BCUT2D eigenvalue weighted by atomic mass is 32.1. The number of thiophene rings is 2. The van der Waals surface area contributed by atoms with Crippen LogP contribution in [0.4, 0.5) is 0 Å². The molecule has 0 bridgehead atoms. The molecule has 0 aliphatic heterocycles. The van der Waals surface area contributed by atoms with E-state index < -0.39 is 0 Å². The Morgan fingerprint density at radius 2 is 1.90 bits per heavy atom. The summed E-state index contributed by atoms with van der Waals surface area (Å²) in [6.07, 6.45) is 1.42. The van der Waals surface area contributed by atoms with E-state index in [0.29, 0.717) is 12.5 Å². The summed E-state index contributed by atoms with van der Waals surface area (Å²) in [5.41, 5.74) is 0. The van der Waals surface area contributed by atoms with Crippen LogP contribution in [0.1, 0.15) is 26.4 Å². The molecule has 2 rings (SSSR count). The topological polar surface area (TPSA) is 38.3 Å². The Kier molecular flexibility index (Phi) is 5.96. The standard InChI is InChI=1S/C16H21NO2S2/c1-11(8-13-5-4-12(2)20-13)17-10-15-7-6-14(21-15)9-16(18)19-3/h4-7,11,17H,8-10H2,1-3H3. The molecule has 5 heteroatoms. The number of hydrogen-bond acceptors (Lipinski definition) is 5. The molecule has 0 saturated carbocycles. The third-order valence-electron chi connectivity index (χ3n) is 3.19. The highest BCUT2D eigenvalue weighted by molar-refractivity contribution is 7.12. The van der Waals surface area contributed by atoms with Crippen molar-refractivity contribution in [1.82, 2.24) is 5.32 Å². The summed E-state index contributed by atoms with van der Waals surface area (Å²) in [7, 11) is 1.42. The van der Waals surface area contributed by atoms with Crippen molar-refractivity contribution in [3.8, 4) is 0 Å². The third-order valence-corrected chi connectivity index (χ3v) is 5.30. The summed E-state index contributed by atoms with van der Waals surface area (Å²) in [5.74, 6) is -0.183. The van der Waals surface area contributed by atoms with Crippen LogP contribution in [0.15, 0.2) is 24.3 Å². The van der Waals surface area contributed by atoms with Gasteiger partial charge in [0.2, 0.25) is 0 Å². The zero-order valence-electron chi connectivity index (χ0n) is 12.6. The molecule has 21 heavy (non-hydrogen) atoms. The fourth-order valence-corrected chi connectivity index (χ4v) is 4.04. The first-order chi connectivity index (χ1) is 10.1. The van der Waals surface area contributed by atoms with E-state index in [-0.39, 0.29) is 5.97 Å². The molecule has 0 radical (unpaired) electrons. The van der Waals surface area contributed by atoms with E-state index in [4.69, 9.17) is 0 Å². The minimum atomic E-state index is -0.183. The van der Waals surface area contributed by atoms with Gasteiger partial charge < -0.3 is 10.1 Å². The number of nitrogens with one attached hydrogen (secondary N) is 1. The first kappa shape index (κ1) is 16.2. The Labute approximate surface area is 134 Å². The molecule has 2 heterocycles. The summed E-state index contributed by atoms with van der Waals surface area (Å²) < 4.78 is 4.68. The van der Waals surface area contributed by atoms with Crippen LogP contribution in [0.2, 0.25) is 0 Å². The zero-order valence-corrected chi connectivity index (χ0v) is 14.3. The Balaban J connectivity index is 1.78. The molecule has 0 aliphatic carbocycles. The van der Waals surface area contributed by atoms with Crippen molar-refractivity contribution in [1.29, 1.82) is 0 Å². The summed E-state index contributed by atoms with van der Waals surface area (Å²) in [6.45, 7) is 5.19. The maximum absolute atomic E-state index is 11.2. The van der Waals surface area contributed by atoms with Crippen molar-refractivity contribution in [2.45, 2.75) is 39.3 Å². The first-order valence-electron chi connectivity index (χ1n) is 7.00. The van der Waals surface area contributed by atoms with Crippen LogP contribution in [0, 0.1) is 6.92 Å². The highest BCUT2D eigenvalue weighted by Gasteiger charge is 2.08. The molecule has 0 aromatic carbocycles. The number of carbonyl (C=O) groups is 1. The van der Waals surface area contributed by atoms with Gasteiger partial charge in [0.1, 0.15) is 0 Å². The predicted octanol–water partition coefficient (Wildman–Crippen LogP) is 3.55. The normalized spacial score (nSPS) is 12.3. The van der Waals surface area contributed by atoms with Crippen LogP contribution >= 0.6 is 22.7 Å². The number of carbonyl (C=O) groups excluding carboxylic acids is 1. The minimum absolute atomic E-state index is 0.183. The van der Waals surface area contributed by atoms with Crippen LogP contribution < -0.4 is 5.32 Å². The Morgan fingerprint density at radius 1 is 1.19 bits per heavy atom. The lowest BCUT2D eigenvalue weighted by molar-refractivity contribution is -0.139. The van der Waals surface area contributed by atoms with Gasteiger partial charge in [-0.25, -0.2) is 0 Å². The molecule has 0 aliphatic rings. The largest absolute Gasteiger partial charge is 0.469 e. The first-order valence-corrected chi connectivity index (χ1v) is 8.63. The molecule has 114 valence electrons. The van der Waals surface area contributed by atoms with E-state index in [2.05, 4.69) is 42.1 Å². The van der Waals surface area contributed by atoms with E-state index >= 15 is 0 Å². The second-order valence-electron chi connectivity index (χ2n) is 5.12. The molecule has 2 aromatic heterocycles. The van der Waals surface area contributed by atoms with E-state index in [0.717, 1.165) is 17.8 Å². The average Bonchev–Trinajstić information content (AvgIpc) is 3.06. The van der Waals surface area contributed by atoms with Gasteiger partial charge in [0.25, 0.3) is 0 Å². The van der Waals surface area contributed by atoms with Gasteiger partial charge in [-0.2, -0.15) is 0 Å². The van der Waals surface area contributed by atoms with Gasteiger partial charge in [-0.1, -0.05) is 0 Å². The lowest BCUT2D eigenvalue weighted by Gasteiger charge is -2.11. The fourth-order valence-electron chi connectivity index (χ4n) is 2.07. The monoisotopic (exact) mass is 323 g/mol. The molecular formula is C16H21NO2S2. The number of methoxy groups -OCH3 is 1. The van der Waals surface area contributed by atoms with E-state index in [9.17, 15) is 4.79 Å². The van der Waals surface area contributed by atoms with Gasteiger partial charge in [0.05, 0.1) is 13.5 Å². The second kappa shape index (κ2) is 7.73. The molecule has 3 nitrogen and oxygen atoms in total. The molecule has 1 unspecified atom stereocenters. The van der Waals surface area contributed by atoms with Gasteiger partial charge >= 0.3 is 5.97 Å². The van der Waals surface area contributed by atoms with Crippen LogP contribution in [-0.2, 0) is 28.9 Å². The fraction of sp³-hybridized carbons (Fsp3) is 0.438. The van der Waals surface area contributed by atoms with Crippen LogP contribution in [0.5, 0.6) is 0 Å². The van der Waals surface area contributed by atoms with Crippen LogP contribution in [0.3, 0.4) is 0 Å². The van der Waals surface area contributed by atoms with Gasteiger partial charge in [-0.3, -0.25) is 4.79 Å². The molecule has 0 saturated heterocycles.